The van der Waals surface area contributed by atoms with Crippen molar-refractivity contribution in [1.29, 1.82) is 0 Å². The molecule has 26 heavy (non-hydrogen) atoms. The average molecular weight is 378 g/mol. The zero-order valence-corrected chi connectivity index (χ0v) is 15.7. The molecule has 0 bridgehead atoms. The Morgan fingerprint density at radius 2 is 1.88 bits per heavy atom. The van der Waals surface area contributed by atoms with E-state index in [-0.39, 0.29) is 17.1 Å². The standard InChI is InChI=1S/C18H26F4N2O2/c1-6-24-15(23-4)10-17(25,18(20,21)22)11-16(2,3)13-9-12(19)7-8-14(13)26-5/h7-9,25H,6,10-11H2,1-5H3,(H,23,24). The van der Waals surface area contributed by atoms with Gasteiger partial charge in [-0.3, -0.25) is 4.99 Å². The van der Waals surface area contributed by atoms with E-state index in [4.69, 9.17) is 4.74 Å². The highest BCUT2D eigenvalue weighted by Crippen LogP contribution is 2.45. The van der Waals surface area contributed by atoms with Crippen LogP contribution in [0.15, 0.2) is 23.2 Å². The van der Waals surface area contributed by atoms with Crippen molar-refractivity contribution in [1.82, 2.24) is 5.32 Å². The van der Waals surface area contributed by atoms with Gasteiger partial charge in [0.25, 0.3) is 0 Å². The topological polar surface area (TPSA) is 53.8 Å². The third kappa shape index (κ3) is 5.09. The normalized spacial score (nSPS) is 15.5. The van der Waals surface area contributed by atoms with Crippen LogP contribution in [-0.4, -0.2) is 43.4 Å². The summed E-state index contributed by atoms with van der Waals surface area (Å²) in [5, 5.41) is 13.2. The molecule has 4 nitrogen and oxygen atoms in total. The molecule has 0 saturated carbocycles. The molecule has 0 aliphatic rings. The minimum atomic E-state index is -4.89. The van der Waals surface area contributed by atoms with Gasteiger partial charge in [0.2, 0.25) is 0 Å². The monoisotopic (exact) mass is 378 g/mol. The van der Waals surface area contributed by atoms with Crippen molar-refractivity contribution in [3.8, 4) is 5.75 Å². The SMILES string of the molecule is CCNC(CC(O)(CC(C)(C)c1cc(F)ccc1OC)C(F)(F)F)=NC. The first kappa shape index (κ1) is 22.2. The average Bonchev–Trinajstić information content (AvgIpc) is 2.52. The van der Waals surface area contributed by atoms with Crippen molar-refractivity contribution in [2.24, 2.45) is 4.99 Å². The highest BCUT2D eigenvalue weighted by atomic mass is 19.4. The smallest absolute Gasteiger partial charge is 0.417 e. The number of ether oxygens (including phenoxy) is 1. The van der Waals surface area contributed by atoms with Crippen LogP contribution in [0, 0.1) is 5.82 Å². The zero-order chi connectivity index (χ0) is 20.2. The van der Waals surface area contributed by atoms with Crippen LogP contribution in [0.2, 0.25) is 0 Å². The molecule has 1 rings (SSSR count). The highest BCUT2D eigenvalue weighted by Gasteiger charge is 2.56. The number of rotatable bonds is 7. The molecule has 0 radical (unpaired) electrons. The third-order valence-corrected chi connectivity index (χ3v) is 4.26. The lowest BCUT2D eigenvalue weighted by Crippen LogP contribution is -2.52. The number of alkyl halides is 3. The quantitative estimate of drug-likeness (QED) is 0.431. The van der Waals surface area contributed by atoms with Crippen molar-refractivity contribution in [3.05, 3.63) is 29.6 Å². The van der Waals surface area contributed by atoms with Gasteiger partial charge in [-0.05, 0) is 37.0 Å². The molecule has 0 fully saturated rings. The summed E-state index contributed by atoms with van der Waals surface area (Å²) in [6, 6.07) is 3.66. The lowest BCUT2D eigenvalue weighted by Gasteiger charge is -2.38. The van der Waals surface area contributed by atoms with Crippen molar-refractivity contribution in [2.75, 3.05) is 20.7 Å². The van der Waals surface area contributed by atoms with Crippen LogP contribution in [-0.2, 0) is 5.41 Å². The predicted octanol–water partition coefficient (Wildman–Crippen LogP) is 3.82. The molecule has 2 N–H and O–H groups in total. The molecule has 0 saturated heterocycles. The molecule has 0 amide bonds. The van der Waals surface area contributed by atoms with Crippen molar-refractivity contribution >= 4 is 5.84 Å². The molecule has 148 valence electrons. The number of halogens is 4. The first-order valence-electron chi connectivity index (χ1n) is 8.23. The first-order valence-corrected chi connectivity index (χ1v) is 8.23. The molecule has 8 heteroatoms. The predicted molar refractivity (Wildman–Crippen MR) is 93.3 cm³/mol. The summed E-state index contributed by atoms with van der Waals surface area (Å²) in [5.74, 6) is -0.279. The molecule has 0 aliphatic heterocycles. The van der Waals surface area contributed by atoms with Gasteiger partial charge in [0, 0.05) is 25.6 Å². The van der Waals surface area contributed by atoms with E-state index < -0.39 is 35.9 Å². The Bertz CT molecular complexity index is 645. The van der Waals surface area contributed by atoms with Crippen molar-refractivity contribution < 1.29 is 27.4 Å². The summed E-state index contributed by atoms with van der Waals surface area (Å²) in [6.45, 7) is 5.12. The van der Waals surface area contributed by atoms with E-state index in [9.17, 15) is 22.7 Å². The van der Waals surface area contributed by atoms with E-state index >= 15 is 0 Å². The fraction of sp³-hybridized carbons (Fsp3) is 0.611. The molecular weight excluding hydrogens is 352 g/mol. The van der Waals surface area contributed by atoms with Gasteiger partial charge in [-0.25, -0.2) is 4.39 Å². The highest BCUT2D eigenvalue weighted by molar-refractivity contribution is 5.83. The number of amidine groups is 1. The number of nitrogens with zero attached hydrogens (tertiary/aromatic N) is 1. The second-order valence-electron chi connectivity index (χ2n) is 6.81. The maximum Gasteiger partial charge on any atom is 0.417 e. The second kappa shape index (κ2) is 8.24. The van der Waals surface area contributed by atoms with Crippen LogP contribution >= 0.6 is 0 Å². The Balaban J connectivity index is 3.32. The van der Waals surface area contributed by atoms with Gasteiger partial charge in [0.15, 0.2) is 5.60 Å². The Kier molecular flexibility index (Phi) is 7.04. The third-order valence-electron chi connectivity index (χ3n) is 4.26. The number of hydrogen-bond acceptors (Lipinski definition) is 3. The Morgan fingerprint density at radius 1 is 1.27 bits per heavy atom. The Labute approximate surface area is 151 Å². The Hall–Kier alpha value is -1.83. The summed E-state index contributed by atoms with van der Waals surface area (Å²) in [4.78, 5) is 3.79. The van der Waals surface area contributed by atoms with Gasteiger partial charge in [-0.1, -0.05) is 13.8 Å². The molecule has 0 aromatic heterocycles. The summed E-state index contributed by atoms with van der Waals surface area (Å²) in [6.07, 6.45) is -6.30. The van der Waals surface area contributed by atoms with Gasteiger partial charge >= 0.3 is 6.18 Å². The molecule has 0 aliphatic carbocycles. The molecule has 1 aromatic carbocycles. The summed E-state index contributed by atoms with van der Waals surface area (Å²) >= 11 is 0. The largest absolute Gasteiger partial charge is 0.496 e. The fourth-order valence-electron chi connectivity index (χ4n) is 3.00. The maximum atomic E-state index is 13.7. The van der Waals surface area contributed by atoms with E-state index in [0.717, 1.165) is 6.07 Å². The minimum Gasteiger partial charge on any atom is -0.496 e. The van der Waals surface area contributed by atoms with Crippen LogP contribution < -0.4 is 10.1 Å². The summed E-state index contributed by atoms with van der Waals surface area (Å²) in [5.41, 5.74) is -4.01. The lowest BCUT2D eigenvalue weighted by atomic mass is 9.73. The van der Waals surface area contributed by atoms with Crippen LogP contribution in [0.25, 0.3) is 0 Å². The molecular formula is C18H26F4N2O2. The number of aliphatic imine (C=N–C) groups is 1. The van der Waals surface area contributed by atoms with Gasteiger partial charge in [0.1, 0.15) is 11.6 Å². The Morgan fingerprint density at radius 3 is 2.35 bits per heavy atom. The van der Waals surface area contributed by atoms with Gasteiger partial charge in [-0.2, -0.15) is 13.2 Å². The van der Waals surface area contributed by atoms with E-state index in [1.54, 1.807) is 6.92 Å². The van der Waals surface area contributed by atoms with Crippen molar-refractivity contribution in [2.45, 2.75) is 50.8 Å². The number of methoxy groups -OCH3 is 1. The van der Waals surface area contributed by atoms with E-state index in [1.807, 2.05) is 0 Å². The molecule has 0 spiro atoms. The van der Waals surface area contributed by atoms with Gasteiger partial charge in [0.05, 0.1) is 12.9 Å². The molecule has 1 atom stereocenters. The number of nitrogens with one attached hydrogen (secondary N) is 1. The fourth-order valence-corrected chi connectivity index (χ4v) is 3.00. The van der Waals surface area contributed by atoms with Crippen LogP contribution in [0.1, 0.15) is 39.2 Å². The van der Waals surface area contributed by atoms with E-state index in [0.29, 0.717) is 6.54 Å². The second-order valence-corrected chi connectivity index (χ2v) is 6.81. The molecule has 1 aromatic rings. The van der Waals surface area contributed by atoms with Gasteiger partial charge < -0.3 is 15.2 Å². The van der Waals surface area contributed by atoms with E-state index in [2.05, 4.69) is 10.3 Å². The zero-order valence-electron chi connectivity index (χ0n) is 15.7. The summed E-state index contributed by atoms with van der Waals surface area (Å²) in [7, 11) is 2.71. The molecule has 0 heterocycles. The number of aliphatic hydroxyl groups is 1. The van der Waals surface area contributed by atoms with Gasteiger partial charge in [-0.15, -0.1) is 0 Å². The maximum absolute atomic E-state index is 13.7. The first-order chi connectivity index (χ1) is 11.9. The summed E-state index contributed by atoms with van der Waals surface area (Å²) < 4.78 is 60.0. The molecule has 1 unspecified atom stereocenters. The van der Waals surface area contributed by atoms with Crippen LogP contribution in [0.3, 0.4) is 0 Å². The lowest BCUT2D eigenvalue weighted by molar-refractivity contribution is -0.264. The van der Waals surface area contributed by atoms with E-state index in [1.165, 1.54) is 40.1 Å². The minimum absolute atomic E-state index is 0.0503. The number of benzene rings is 1. The number of hydrogen-bond donors (Lipinski definition) is 2. The van der Waals surface area contributed by atoms with Crippen LogP contribution in [0.4, 0.5) is 17.6 Å². The van der Waals surface area contributed by atoms with Crippen LogP contribution in [0.5, 0.6) is 5.75 Å². The van der Waals surface area contributed by atoms with Crippen molar-refractivity contribution in [3.63, 3.8) is 0 Å².